The summed E-state index contributed by atoms with van der Waals surface area (Å²) in [6.07, 6.45) is 7.62. The summed E-state index contributed by atoms with van der Waals surface area (Å²) < 4.78 is 0. The number of para-hydroxylation sites is 1. The molecule has 1 aliphatic rings. The summed E-state index contributed by atoms with van der Waals surface area (Å²) in [5, 5.41) is 0. The van der Waals surface area contributed by atoms with Crippen LogP contribution < -0.4 is 4.90 Å². The summed E-state index contributed by atoms with van der Waals surface area (Å²) in [5.74, 6) is 2.47. The zero-order valence-corrected chi connectivity index (χ0v) is 12.7. The van der Waals surface area contributed by atoms with Gasteiger partial charge in [-0.3, -0.25) is 4.98 Å². The SMILES string of the molecule is Cc1cccc2[nH]c(C3CCCN(c4cnccn4)C3)nc12. The van der Waals surface area contributed by atoms with Crippen LogP contribution >= 0.6 is 0 Å². The van der Waals surface area contributed by atoms with Crippen LogP contribution in [0.3, 0.4) is 0 Å². The minimum Gasteiger partial charge on any atom is -0.355 e. The molecule has 1 saturated heterocycles. The number of hydrogen-bond donors (Lipinski definition) is 1. The van der Waals surface area contributed by atoms with E-state index in [2.05, 4.69) is 45.0 Å². The standard InChI is InChI=1S/C17H19N5/c1-12-4-2-6-14-16(12)21-17(20-14)13-5-3-9-22(11-13)15-10-18-7-8-19-15/h2,4,6-8,10,13H,3,5,9,11H2,1H3,(H,20,21). The maximum absolute atomic E-state index is 4.85. The zero-order valence-electron chi connectivity index (χ0n) is 12.7. The van der Waals surface area contributed by atoms with Crippen molar-refractivity contribution in [3.63, 3.8) is 0 Å². The Morgan fingerprint density at radius 1 is 1.27 bits per heavy atom. The fourth-order valence-corrected chi connectivity index (χ4v) is 3.25. The van der Waals surface area contributed by atoms with Gasteiger partial charge in [-0.2, -0.15) is 0 Å². The molecule has 1 N–H and O–H groups in total. The second kappa shape index (κ2) is 5.40. The molecular weight excluding hydrogens is 274 g/mol. The van der Waals surface area contributed by atoms with Crippen LogP contribution in [-0.4, -0.2) is 33.0 Å². The van der Waals surface area contributed by atoms with Gasteiger partial charge in [0, 0.05) is 31.4 Å². The predicted molar refractivity (Wildman–Crippen MR) is 87.1 cm³/mol. The normalized spacial score (nSPS) is 18.8. The molecule has 0 bridgehead atoms. The van der Waals surface area contributed by atoms with Crippen molar-refractivity contribution in [2.24, 2.45) is 0 Å². The molecule has 0 amide bonds. The molecule has 0 saturated carbocycles. The number of H-pyrrole nitrogens is 1. The van der Waals surface area contributed by atoms with Crippen LogP contribution in [0.15, 0.2) is 36.8 Å². The van der Waals surface area contributed by atoms with Crippen molar-refractivity contribution in [1.82, 2.24) is 19.9 Å². The molecule has 5 heteroatoms. The molecule has 112 valence electrons. The third-order valence-corrected chi connectivity index (χ3v) is 4.41. The van der Waals surface area contributed by atoms with Gasteiger partial charge in [0.05, 0.1) is 17.2 Å². The summed E-state index contributed by atoms with van der Waals surface area (Å²) in [4.78, 5) is 19.3. The molecule has 1 aliphatic heterocycles. The molecule has 3 heterocycles. The van der Waals surface area contributed by atoms with E-state index in [1.165, 1.54) is 5.56 Å². The molecular formula is C17H19N5. The number of aromatic amines is 1. The van der Waals surface area contributed by atoms with E-state index in [0.29, 0.717) is 5.92 Å². The van der Waals surface area contributed by atoms with Crippen molar-refractivity contribution < 1.29 is 0 Å². The number of aromatic nitrogens is 4. The van der Waals surface area contributed by atoms with E-state index < -0.39 is 0 Å². The molecule has 1 unspecified atom stereocenters. The van der Waals surface area contributed by atoms with Crippen molar-refractivity contribution in [2.75, 3.05) is 18.0 Å². The van der Waals surface area contributed by atoms with Crippen LogP contribution in [0.1, 0.15) is 30.1 Å². The second-order valence-corrected chi connectivity index (χ2v) is 5.94. The van der Waals surface area contributed by atoms with E-state index in [1.54, 1.807) is 12.4 Å². The Bertz CT molecular complexity index is 780. The van der Waals surface area contributed by atoms with Gasteiger partial charge in [-0.05, 0) is 31.4 Å². The van der Waals surface area contributed by atoms with Gasteiger partial charge in [-0.25, -0.2) is 9.97 Å². The molecule has 0 radical (unpaired) electrons. The summed E-state index contributed by atoms with van der Waals surface area (Å²) in [6, 6.07) is 6.29. The molecule has 22 heavy (non-hydrogen) atoms. The monoisotopic (exact) mass is 293 g/mol. The lowest BCUT2D eigenvalue weighted by molar-refractivity contribution is 0.492. The first-order valence-corrected chi connectivity index (χ1v) is 7.77. The molecule has 5 nitrogen and oxygen atoms in total. The fraction of sp³-hybridized carbons (Fsp3) is 0.353. The fourth-order valence-electron chi connectivity index (χ4n) is 3.25. The number of rotatable bonds is 2. The van der Waals surface area contributed by atoms with Crippen LogP contribution in [0.4, 0.5) is 5.82 Å². The Morgan fingerprint density at radius 3 is 3.05 bits per heavy atom. The van der Waals surface area contributed by atoms with Crippen LogP contribution in [0.2, 0.25) is 0 Å². The highest BCUT2D eigenvalue weighted by Gasteiger charge is 2.24. The van der Waals surface area contributed by atoms with E-state index in [0.717, 1.165) is 48.6 Å². The Balaban J connectivity index is 1.62. The lowest BCUT2D eigenvalue weighted by Crippen LogP contribution is -2.35. The minimum absolute atomic E-state index is 0.419. The average Bonchev–Trinajstić information content (AvgIpc) is 3.02. The highest BCUT2D eigenvalue weighted by molar-refractivity contribution is 5.78. The van der Waals surface area contributed by atoms with Gasteiger partial charge in [0.25, 0.3) is 0 Å². The lowest BCUT2D eigenvalue weighted by atomic mass is 9.97. The Hall–Kier alpha value is -2.43. The maximum Gasteiger partial charge on any atom is 0.147 e. The summed E-state index contributed by atoms with van der Waals surface area (Å²) in [5.41, 5.74) is 3.45. The van der Waals surface area contributed by atoms with Crippen molar-refractivity contribution in [1.29, 1.82) is 0 Å². The molecule has 1 aromatic carbocycles. The van der Waals surface area contributed by atoms with Crippen molar-refractivity contribution in [3.8, 4) is 0 Å². The molecule has 3 aromatic rings. The number of piperidine rings is 1. The minimum atomic E-state index is 0.419. The molecule has 1 fully saturated rings. The average molecular weight is 293 g/mol. The van der Waals surface area contributed by atoms with Gasteiger partial charge >= 0.3 is 0 Å². The van der Waals surface area contributed by atoms with Crippen LogP contribution in [0.5, 0.6) is 0 Å². The van der Waals surface area contributed by atoms with Crippen molar-refractivity contribution in [3.05, 3.63) is 48.2 Å². The van der Waals surface area contributed by atoms with Crippen molar-refractivity contribution in [2.45, 2.75) is 25.7 Å². The van der Waals surface area contributed by atoms with Crippen molar-refractivity contribution >= 4 is 16.9 Å². The first kappa shape index (κ1) is 13.2. The van der Waals surface area contributed by atoms with E-state index in [4.69, 9.17) is 4.98 Å². The maximum atomic E-state index is 4.85. The molecule has 4 rings (SSSR count). The first-order chi connectivity index (χ1) is 10.8. The quantitative estimate of drug-likeness (QED) is 0.789. The van der Waals surface area contributed by atoms with Gasteiger partial charge in [-0.1, -0.05) is 12.1 Å². The summed E-state index contributed by atoms with van der Waals surface area (Å²) >= 11 is 0. The lowest BCUT2D eigenvalue weighted by Gasteiger charge is -2.32. The third-order valence-electron chi connectivity index (χ3n) is 4.41. The highest BCUT2D eigenvalue weighted by atomic mass is 15.2. The molecule has 1 atom stereocenters. The third kappa shape index (κ3) is 2.32. The predicted octanol–water partition coefficient (Wildman–Crippen LogP) is 3.05. The van der Waals surface area contributed by atoms with Crippen LogP contribution in [0.25, 0.3) is 11.0 Å². The Kier molecular flexibility index (Phi) is 3.25. The molecule has 2 aromatic heterocycles. The van der Waals surface area contributed by atoms with Gasteiger partial charge in [0.1, 0.15) is 11.6 Å². The number of benzene rings is 1. The summed E-state index contributed by atoms with van der Waals surface area (Å²) in [6.45, 7) is 4.09. The number of fused-ring (bicyclic) bond motifs is 1. The number of aryl methyl sites for hydroxylation is 1. The topological polar surface area (TPSA) is 57.7 Å². The van der Waals surface area contributed by atoms with Gasteiger partial charge in [-0.15, -0.1) is 0 Å². The molecule has 0 spiro atoms. The largest absolute Gasteiger partial charge is 0.355 e. The first-order valence-electron chi connectivity index (χ1n) is 7.77. The Morgan fingerprint density at radius 2 is 2.23 bits per heavy atom. The Labute approximate surface area is 129 Å². The van der Waals surface area contributed by atoms with E-state index in [-0.39, 0.29) is 0 Å². The number of hydrogen-bond acceptors (Lipinski definition) is 4. The van der Waals surface area contributed by atoms with Crippen LogP contribution in [-0.2, 0) is 0 Å². The van der Waals surface area contributed by atoms with E-state index in [1.807, 2.05) is 6.20 Å². The number of nitrogens with one attached hydrogen (secondary N) is 1. The van der Waals surface area contributed by atoms with Crippen LogP contribution in [0, 0.1) is 6.92 Å². The smallest absolute Gasteiger partial charge is 0.147 e. The number of imidazole rings is 1. The van der Waals surface area contributed by atoms with E-state index >= 15 is 0 Å². The molecule has 0 aliphatic carbocycles. The number of anilines is 1. The van der Waals surface area contributed by atoms with Gasteiger partial charge < -0.3 is 9.88 Å². The summed E-state index contributed by atoms with van der Waals surface area (Å²) in [7, 11) is 0. The second-order valence-electron chi connectivity index (χ2n) is 5.94. The highest BCUT2D eigenvalue weighted by Crippen LogP contribution is 2.29. The van der Waals surface area contributed by atoms with E-state index in [9.17, 15) is 0 Å². The zero-order chi connectivity index (χ0) is 14.9. The number of nitrogens with zero attached hydrogens (tertiary/aromatic N) is 4. The van der Waals surface area contributed by atoms with Gasteiger partial charge in [0.2, 0.25) is 0 Å². The van der Waals surface area contributed by atoms with Gasteiger partial charge in [0.15, 0.2) is 0 Å².